The predicted octanol–water partition coefficient (Wildman–Crippen LogP) is 4.90. The number of rotatable bonds is 3. The molecule has 26 heavy (non-hydrogen) atoms. The van der Waals surface area contributed by atoms with E-state index in [-0.39, 0.29) is 0 Å². The molecule has 0 aliphatic heterocycles. The maximum atomic E-state index is 3.27. The SMILES string of the molecule is Cc1ccc(N(CC#Cc2ccccc2)CC#Cc2ccccc2)cc1. The van der Waals surface area contributed by atoms with Crippen molar-refractivity contribution >= 4 is 5.69 Å². The smallest absolute Gasteiger partial charge is 0.0808 e. The Morgan fingerprint density at radius 3 is 1.54 bits per heavy atom. The van der Waals surface area contributed by atoms with Gasteiger partial charge >= 0.3 is 0 Å². The summed E-state index contributed by atoms with van der Waals surface area (Å²) in [6, 6.07) is 28.6. The second-order valence-electron chi connectivity index (χ2n) is 6.03. The largest absolute Gasteiger partial charge is 0.349 e. The summed E-state index contributed by atoms with van der Waals surface area (Å²) in [6.07, 6.45) is 0. The fourth-order valence-corrected chi connectivity index (χ4v) is 2.51. The molecule has 0 N–H and O–H groups in total. The van der Waals surface area contributed by atoms with Crippen LogP contribution in [0.2, 0.25) is 0 Å². The molecule has 0 amide bonds. The third-order valence-electron chi connectivity index (χ3n) is 3.95. The summed E-state index contributed by atoms with van der Waals surface area (Å²) in [5.74, 6) is 13.0. The lowest BCUT2D eigenvalue weighted by atomic mass is 10.2. The molecule has 1 nitrogen and oxygen atoms in total. The Morgan fingerprint density at radius 1 is 0.615 bits per heavy atom. The number of benzene rings is 3. The van der Waals surface area contributed by atoms with E-state index < -0.39 is 0 Å². The van der Waals surface area contributed by atoms with Gasteiger partial charge in [-0.05, 0) is 43.3 Å². The molecule has 0 fully saturated rings. The quantitative estimate of drug-likeness (QED) is 0.615. The highest BCUT2D eigenvalue weighted by molar-refractivity contribution is 5.51. The average Bonchev–Trinajstić information content (AvgIpc) is 2.69. The summed E-state index contributed by atoms with van der Waals surface area (Å²) in [5, 5.41) is 0. The summed E-state index contributed by atoms with van der Waals surface area (Å²) in [7, 11) is 0. The molecule has 0 aliphatic rings. The van der Waals surface area contributed by atoms with Crippen LogP contribution < -0.4 is 4.90 Å². The molecule has 3 aromatic carbocycles. The molecule has 0 unspecified atom stereocenters. The zero-order valence-corrected chi connectivity index (χ0v) is 14.9. The average molecular weight is 335 g/mol. The Balaban J connectivity index is 1.75. The molecule has 126 valence electrons. The Bertz CT molecular complexity index is 874. The highest BCUT2D eigenvalue weighted by Crippen LogP contribution is 2.14. The van der Waals surface area contributed by atoms with Crippen molar-refractivity contribution in [2.45, 2.75) is 6.92 Å². The first-order valence-corrected chi connectivity index (χ1v) is 8.71. The van der Waals surface area contributed by atoms with Crippen molar-refractivity contribution in [3.05, 3.63) is 102 Å². The van der Waals surface area contributed by atoms with E-state index in [1.165, 1.54) is 5.56 Å². The molecule has 0 bridgehead atoms. The summed E-state index contributed by atoms with van der Waals surface area (Å²) in [5.41, 5.74) is 4.46. The van der Waals surface area contributed by atoms with Gasteiger partial charge in [0.05, 0.1) is 13.1 Å². The fourth-order valence-electron chi connectivity index (χ4n) is 2.51. The highest BCUT2D eigenvalue weighted by Gasteiger charge is 2.02. The molecular formula is C25H21N. The van der Waals surface area contributed by atoms with Crippen molar-refractivity contribution < 1.29 is 0 Å². The maximum absolute atomic E-state index is 3.27. The van der Waals surface area contributed by atoms with Gasteiger partial charge in [0.15, 0.2) is 0 Å². The van der Waals surface area contributed by atoms with Gasteiger partial charge in [0.2, 0.25) is 0 Å². The molecular weight excluding hydrogens is 314 g/mol. The molecule has 0 aromatic heterocycles. The lowest BCUT2D eigenvalue weighted by Crippen LogP contribution is -2.23. The normalized spacial score (nSPS) is 9.42. The van der Waals surface area contributed by atoms with Crippen LogP contribution in [-0.4, -0.2) is 13.1 Å². The van der Waals surface area contributed by atoms with Crippen molar-refractivity contribution in [2.75, 3.05) is 18.0 Å². The first-order valence-electron chi connectivity index (χ1n) is 8.71. The molecule has 3 rings (SSSR count). The van der Waals surface area contributed by atoms with Crippen LogP contribution in [0.5, 0.6) is 0 Å². The van der Waals surface area contributed by atoms with Crippen LogP contribution in [0.15, 0.2) is 84.9 Å². The van der Waals surface area contributed by atoms with Crippen molar-refractivity contribution in [1.82, 2.24) is 0 Å². The Labute approximate surface area is 156 Å². The molecule has 0 spiro atoms. The molecule has 0 saturated carbocycles. The number of aryl methyl sites for hydroxylation is 1. The van der Waals surface area contributed by atoms with Crippen LogP contribution in [0.25, 0.3) is 0 Å². The Kier molecular flexibility index (Phi) is 6.13. The minimum absolute atomic E-state index is 0.640. The van der Waals surface area contributed by atoms with E-state index in [0.717, 1.165) is 16.8 Å². The number of anilines is 1. The third kappa shape index (κ3) is 5.30. The van der Waals surface area contributed by atoms with Gasteiger partial charge < -0.3 is 4.90 Å². The van der Waals surface area contributed by atoms with Crippen molar-refractivity contribution in [1.29, 1.82) is 0 Å². The standard InChI is InChI=1S/C25H21N/c1-22-16-18-25(19-17-22)26(20-8-14-23-10-4-2-5-11-23)21-9-15-24-12-6-3-7-13-24/h2-7,10-13,16-19H,20-21H2,1H3. The van der Waals surface area contributed by atoms with Crippen LogP contribution in [0, 0.1) is 30.6 Å². The van der Waals surface area contributed by atoms with Gasteiger partial charge in [-0.15, -0.1) is 0 Å². The summed E-state index contributed by atoms with van der Waals surface area (Å²) in [4.78, 5) is 2.20. The summed E-state index contributed by atoms with van der Waals surface area (Å²) in [6.45, 7) is 3.38. The minimum Gasteiger partial charge on any atom is -0.349 e. The molecule has 1 heteroatoms. The third-order valence-corrected chi connectivity index (χ3v) is 3.95. The van der Waals surface area contributed by atoms with Gasteiger partial charge in [0, 0.05) is 16.8 Å². The van der Waals surface area contributed by atoms with Crippen molar-refractivity contribution in [3.63, 3.8) is 0 Å². The van der Waals surface area contributed by atoms with Crippen LogP contribution >= 0.6 is 0 Å². The van der Waals surface area contributed by atoms with E-state index in [0.29, 0.717) is 13.1 Å². The van der Waals surface area contributed by atoms with Crippen LogP contribution in [-0.2, 0) is 0 Å². The number of hydrogen-bond donors (Lipinski definition) is 0. The van der Waals surface area contributed by atoms with E-state index in [1.807, 2.05) is 60.7 Å². The molecule has 0 heterocycles. The summed E-state index contributed by atoms with van der Waals surface area (Å²) >= 11 is 0. The van der Waals surface area contributed by atoms with Crippen molar-refractivity contribution in [3.8, 4) is 23.7 Å². The van der Waals surface area contributed by atoms with E-state index in [4.69, 9.17) is 0 Å². The van der Waals surface area contributed by atoms with Gasteiger partial charge in [-0.25, -0.2) is 0 Å². The molecule has 0 radical (unpaired) electrons. The zero-order valence-electron chi connectivity index (χ0n) is 14.9. The molecule has 0 aliphatic carbocycles. The lowest BCUT2D eigenvalue weighted by molar-refractivity contribution is 0.984. The molecule has 0 saturated heterocycles. The monoisotopic (exact) mass is 335 g/mol. The van der Waals surface area contributed by atoms with Gasteiger partial charge in [0.25, 0.3) is 0 Å². The number of nitrogens with zero attached hydrogens (tertiary/aromatic N) is 1. The van der Waals surface area contributed by atoms with Crippen LogP contribution in [0.3, 0.4) is 0 Å². The van der Waals surface area contributed by atoms with Crippen LogP contribution in [0.4, 0.5) is 5.69 Å². The zero-order chi connectivity index (χ0) is 18.0. The van der Waals surface area contributed by atoms with E-state index >= 15 is 0 Å². The maximum Gasteiger partial charge on any atom is 0.0808 e. The highest BCUT2D eigenvalue weighted by atomic mass is 15.1. The lowest BCUT2D eigenvalue weighted by Gasteiger charge is -2.19. The van der Waals surface area contributed by atoms with E-state index in [2.05, 4.69) is 59.8 Å². The topological polar surface area (TPSA) is 3.24 Å². The van der Waals surface area contributed by atoms with Gasteiger partial charge in [-0.3, -0.25) is 0 Å². The van der Waals surface area contributed by atoms with Crippen molar-refractivity contribution in [2.24, 2.45) is 0 Å². The summed E-state index contributed by atoms with van der Waals surface area (Å²) < 4.78 is 0. The Hall–Kier alpha value is -3.42. The Morgan fingerprint density at radius 2 is 1.08 bits per heavy atom. The van der Waals surface area contributed by atoms with Gasteiger partial charge in [-0.1, -0.05) is 77.8 Å². The van der Waals surface area contributed by atoms with E-state index in [9.17, 15) is 0 Å². The van der Waals surface area contributed by atoms with Gasteiger partial charge in [0.1, 0.15) is 0 Å². The molecule has 3 aromatic rings. The fraction of sp³-hybridized carbons (Fsp3) is 0.120. The second-order valence-corrected chi connectivity index (χ2v) is 6.03. The van der Waals surface area contributed by atoms with Crippen LogP contribution in [0.1, 0.15) is 16.7 Å². The number of hydrogen-bond acceptors (Lipinski definition) is 1. The minimum atomic E-state index is 0.640. The first-order chi connectivity index (χ1) is 12.8. The van der Waals surface area contributed by atoms with E-state index in [1.54, 1.807) is 0 Å². The first kappa shape index (κ1) is 17.4. The second kappa shape index (κ2) is 9.16. The molecule has 0 atom stereocenters. The predicted molar refractivity (Wildman–Crippen MR) is 110 cm³/mol. The van der Waals surface area contributed by atoms with Gasteiger partial charge in [-0.2, -0.15) is 0 Å².